The molecule has 1 amide bonds. The van der Waals surface area contributed by atoms with Crippen molar-refractivity contribution in [3.05, 3.63) is 53.5 Å². The number of aromatic amines is 1. The number of thiophene rings is 1. The van der Waals surface area contributed by atoms with Crippen LogP contribution in [0.1, 0.15) is 5.56 Å². The molecule has 0 aliphatic rings. The largest absolute Gasteiger partial charge is 0.333 e. The van der Waals surface area contributed by atoms with Crippen molar-refractivity contribution in [2.45, 2.75) is 5.16 Å². The minimum atomic E-state index is -0.161. The molecule has 0 saturated carbocycles. The summed E-state index contributed by atoms with van der Waals surface area (Å²) in [7, 11) is 0. The van der Waals surface area contributed by atoms with Crippen LogP contribution in [0.25, 0.3) is 11.3 Å². The van der Waals surface area contributed by atoms with Crippen molar-refractivity contribution < 1.29 is 4.79 Å². The molecule has 2 heterocycles. The Morgan fingerprint density at radius 1 is 1.35 bits per heavy atom. The van der Waals surface area contributed by atoms with E-state index in [2.05, 4.69) is 15.3 Å². The fraction of sp³-hybridized carbons (Fsp3) is 0.0625. The van der Waals surface area contributed by atoms with Crippen LogP contribution >= 0.6 is 23.1 Å². The van der Waals surface area contributed by atoms with Gasteiger partial charge >= 0.3 is 0 Å². The zero-order chi connectivity index (χ0) is 16.1. The van der Waals surface area contributed by atoms with Crippen molar-refractivity contribution >= 4 is 34.0 Å². The summed E-state index contributed by atoms with van der Waals surface area (Å²) in [5, 5.41) is 14.7. The zero-order valence-electron chi connectivity index (χ0n) is 11.9. The van der Waals surface area contributed by atoms with E-state index in [-0.39, 0.29) is 11.7 Å². The number of amides is 1. The quantitative estimate of drug-likeness (QED) is 0.693. The first-order chi connectivity index (χ1) is 11.3. The number of imidazole rings is 1. The third-order valence-corrected chi connectivity index (χ3v) is 4.73. The number of rotatable bonds is 5. The van der Waals surface area contributed by atoms with E-state index in [1.54, 1.807) is 17.6 Å². The second kappa shape index (κ2) is 7.13. The summed E-state index contributed by atoms with van der Waals surface area (Å²) in [5.74, 6) is 0.0662. The maximum atomic E-state index is 12.0. The zero-order valence-corrected chi connectivity index (χ0v) is 13.6. The standard InChI is InChI=1S/C16H12N4OS2/c17-8-12-6-7-22-15(12)20-14(21)10-23-16-18-9-13(19-16)11-4-2-1-3-5-11/h1-7,9H,10H2,(H,18,19)(H,20,21). The molecular weight excluding hydrogens is 328 g/mol. The average Bonchev–Trinajstić information content (AvgIpc) is 3.23. The van der Waals surface area contributed by atoms with Crippen LogP contribution in [-0.2, 0) is 4.79 Å². The maximum absolute atomic E-state index is 12.0. The first-order valence-electron chi connectivity index (χ1n) is 6.77. The van der Waals surface area contributed by atoms with Crippen LogP contribution in [0.4, 0.5) is 5.00 Å². The monoisotopic (exact) mass is 340 g/mol. The van der Waals surface area contributed by atoms with Crippen molar-refractivity contribution in [3.8, 4) is 17.3 Å². The fourth-order valence-corrected chi connectivity index (χ4v) is 3.33. The van der Waals surface area contributed by atoms with Gasteiger partial charge in [0.1, 0.15) is 11.1 Å². The molecule has 0 radical (unpaired) electrons. The molecule has 1 aromatic carbocycles. The van der Waals surface area contributed by atoms with Gasteiger partial charge in [0, 0.05) is 0 Å². The number of nitrogens with one attached hydrogen (secondary N) is 2. The van der Waals surface area contributed by atoms with Crippen LogP contribution in [0.2, 0.25) is 0 Å². The minimum Gasteiger partial charge on any atom is -0.333 e. The number of benzene rings is 1. The average molecular weight is 340 g/mol. The van der Waals surface area contributed by atoms with Gasteiger partial charge in [-0.3, -0.25) is 4.79 Å². The number of aromatic nitrogens is 2. The molecule has 0 aliphatic carbocycles. The van der Waals surface area contributed by atoms with Crippen molar-refractivity contribution in [3.63, 3.8) is 0 Å². The van der Waals surface area contributed by atoms with Crippen molar-refractivity contribution in [2.75, 3.05) is 11.1 Å². The highest BCUT2D eigenvalue weighted by molar-refractivity contribution is 7.99. The summed E-state index contributed by atoms with van der Waals surface area (Å²) in [6.45, 7) is 0. The highest BCUT2D eigenvalue weighted by Gasteiger charge is 2.10. The molecule has 3 rings (SSSR count). The van der Waals surface area contributed by atoms with E-state index in [0.29, 0.717) is 15.7 Å². The number of anilines is 1. The molecule has 114 valence electrons. The Kier molecular flexibility index (Phi) is 4.76. The summed E-state index contributed by atoms with van der Waals surface area (Å²) >= 11 is 2.66. The Labute approximate surface area is 141 Å². The van der Waals surface area contributed by atoms with Gasteiger partial charge < -0.3 is 10.3 Å². The summed E-state index contributed by atoms with van der Waals surface area (Å²) in [6.07, 6.45) is 1.75. The van der Waals surface area contributed by atoms with Gasteiger partial charge in [-0.2, -0.15) is 5.26 Å². The van der Waals surface area contributed by atoms with Gasteiger partial charge in [-0.15, -0.1) is 11.3 Å². The van der Waals surface area contributed by atoms with Crippen LogP contribution in [0.5, 0.6) is 0 Å². The topological polar surface area (TPSA) is 81.6 Å². The van der Waals surface area contributed by atoms with E-state index >= 15 is 0 Å². The molecule has 0 saturated heterocycles. The van der Waals surface area contributed by atoms with Gasteiger partial charge in [-0.1, -0.05) is 42.1 Å². The molecular formula is C16H12N4OS2. The molecule has 23 heavy (non-hydrogen) atoms. The lowest BCUT2D eigenvalue weighted by atomic mass is 10.2. The van der Waals surface area contributed by atoms with E-state index < -0.39 is 0 Å². The van der Waals surface area contributed by atoms with Crippen molar-refractivity contribution in [1.82, 2.24) is 9.97 Å². The number of carbonyl (C=O) groups excluding carboxylic acids is 1. The molecule has 0 unspecified atom stereocenters. The van der Waals surface area contributed by atoms with Crippen LogP contribution in [0.3, 0.4) is 0 Å². The molecule has 2 aromatic heterocycles. The molecule has 2 N–H and O–H groups in total. The first-order valence-corrected chi connectivity index (χ1v) is 8.63. The van der Waals surface area contributed by atoms with E-state index in [1.165, 1.54) is 23.1 Å². The molecule has 0 spiro atoms. The van der Waals surface area contributed by atoms with Gasteiger partial charge in [0.2, 0.25) is 5.91 Å². The third kappa shape index (κ3) is 3.80. The normalized spacial score (nSPS) is 10.2. The summed E-state index contributed by atoms with van der Waals surface area (Å²) in [6, 6.07) is 13.6. The van der Waals surface area contributed by atoms with Gasteiger partial charge in [-0.25, -0.2) is 4.98 Å². The van der Waals surface area contributed by atoms with E-state index in [1.807, 2.05) is 36.4 Å². The number of thioether (sulfide) groups is 1. The highest BCUT2D eigenvalue weighted by atomic mass is 32.2. The summed E-state index contributed by atoms with van der Waals surface area (Å²) < 4.78 is 0. The van der Waals surface area contributed by atoms with Gasteiger partial charge in [0.25, 0.3) is 0 Å². The molecule has 0 aliphatic heterocycles. The van der Waals surface area contributed by atoms with Crippen molar-refractivity contribution in [2.24, 2.45) is 0 Å². The number of carbonyl (C=O) groups is 1. The van der Waals surface area contributed by atoms with Crippen molar-refractivity contribution in [1.29, 1.82) is 5.26 Å². The molecule has 3 aromatic rings. The second-order valence-electron chi connectivity index (χ2n) is 4.58. The second-order valence-corrected chi connectivity index (χ2v) is 6.46. The number of nitrogens with zero attached hydrogens (tertiary/aromatic N) is 2. The smallest absolute Gasteiger partial charge is 0.235 e. The van der Waals surface area contributed by atoms with Gasteiger partial charge in [-0.05, 0) is 17.0 Å². The van der Waals surface area contributed by atoms with Crippen LogP contribution in [-0.4, -0.2) is 21.6 Å². The predicted molar refractivity (Wildman–Crippen MR) is 92.4 cm³/mol. The summed E-state index contributed by atoms with van der Waals surface area (Å²) in [5.41, 5.74) is 2.45. The lowest BCUT2D eigenvalue weighted by Crippen LogP contribution is -2.13. The number of hydrogen-bond donors (Lipinski definition) is 2. The number of hydrogen-bond acceptors (Lipinski definition) is 5. The molecule has 0 atom stereocenters. The molecule has 0 bridgehead atoms. The first kappa shape index (κ1) is 15.3. The Balaban J connectivity index is 1.58. The van der Waals surface area contributed by atoms with E-state index in [9.17, 15) is 4.79 Å². The third-order valence-electron chi connectivity index (χ3n) is 3.02. The Bertz CT molecular complexity index is 848. The SMILES string of the molecule is N#Cc1ccsc1NC(=O)CSc1ncc(-c2ccccc2)[nH]1. The van der Waals surface area contributed by atoms with Gasteiger partial charge in [0.15, 0.2) is 5.16 Å². The molecule has 7 heteroatoms. The Morgan fingerprint density at radius 3 is 2.96 bits per heavy atom. The van der Waals surface area contributed by atoms with Gasteiger partial charge in [0.05, 0.1) is 23.2 Å². The Hall–Kier alpha value is -2.56. The van der Waals surface area contributed by atoms with E-state index in [4.69, 9.17) is 5.26 Å². The lowest BCUT2D eigenvalue weighted by molar-refractivity contribution is -0.113. The number of nitriles is 1. The predicted octanol–water partition coefficient (Wildman–Crippen LogP) is 3.74. The molecule has 0 fully saturated rings. The minimum absolute atomic E-state index is 0.161. The summed E-state index contributed by atoms with van der Waals surface area (Å²) in [4.78, 5) is 19.4. The fourth-order valence-electron chi connectivity index (χ4n) is 1.93. The Morgan fingerprint density at radius 2 is 2.17 bits per heavy atom. The highest BCUT2D eigenvalue weighted by Crippen LogP contribution is 2.24. The van der Waals surface area contributed by atoms with Crippen LogP contribution in [0, 0.1) is 11.3 Å². The molecule has 5 nitrogen and oxygen atoms in total. The number of H-pyrrole nitrogens is 1. The van der Waals surface area contributed by atoms with Crippen LogP contribution < -0.4 is 5.32 Å². The lowest BCUT2D eigenvalue weighted by Gasteiger charge is -2.02. The van der Waals surface area contributed by atoms with Crippen LogP contribution in [0.15, 0.2) is 53.1 Å². The van der Waals surface area contributed by atoms with E-state index in [0.717, 1.165) is 11.3 Å². The maximum Gasteiger partial charge on any atom is 0.235 e.